The van der Waals surface area contributed by atoms with Crippen molar-refractivity contribution in [3.05, 3.63) is 46.9 Å². The fraction of sp³-hybridized carbons (Fsp3) is 0.353. The van der Waals surface area contributed by atoms with Crippen LogP contribution in [0.3, 0.4) is 0 Å². The summed E-state index contributed by atoms with van der Waals surface area (Å²) < 4.78 is 13.1. The van der Waals surface area contributed by atoms with Gasteiger partial charge in [0.25, 0.3) is 0 Å². The quantitative estimate of drug-likeness (QED) is 0.628. The summed E-state index contributed by atoms with van der Waals surface area (Å²) in [5, 5.41) is 6.63. The lowest BCUT2D eigenvalue weighted by Crippen LogP contribution is -2.51. The van der Waals surface area contributed by atoms with Gasteiger partial charge in [0.2, 0.25) is 5.95 Å². The van der Waals surface area contributed by atoms with Crippen molar-refractivity contribution in [1.29, 1.82) is 0 Å². The number of hydrogen-bond donors (Lipinski definition) is 2. The Hall–Kier alpha value is -2.25. The zero-order valence-corrected chi connectivity index (χ0v) is 14.5. The lowest BCUT2D eigenvalue weighted by Gasteiger charge is -2.32. The second-order valence-electron chi connectivity index (χ2n) is 5.93. The van der Waals surface area contributed by atoms with Crippen molar-refractivity contribution < 1.29 is 9.18 Å². The number of piperazine rings is 1. The van der Waals surface area contributed by atoms with Crippen LogP contribution in [0.1, 0.15) is 18.5 Å². The molecule has 6 nitrogen and oxygen atoms in total. The summed E-state index contributed by atoms with van der Waals surface area (Å²) in [5.74, 6) is 0.781. The van der Waals surface area contributed by atoms with E-state index in [1.54, 1.807) is 18.2 Å². The summed E-state index contributed by atoms with van der Waals surface area (Å²) in [6, 6.07) is 7.60. The van der Waals surface area contributed by atoms with Crippen molar-refractivity contribution in [2.75, 3.05) is 29.9 Å². The Morgan fingerprint density at radius 3 is 2.88 bits per heavy atom. The van der Waals surface area contributed by atoms with E-state index in [1.807, 2.05) is 11.8 Å². The topological polar surface area (TPSA) is 70.2 Å². The van der Waals surface area contributed by atoms with E-state index in [9.17, 15) is 9.18 Å². The highest BCUT2D eigenvalue weighted by Gasteiger charge is 2.21. The van der Waals surface area contributed by atoms with Crippen LogP contribution in [0.2, 0.25) is 5.15 Å². The maximum absolute atomic E-state index is 13.1. The first-order valence-electron chi connectivity index (χ1n) is 8.05. The largest absolute Gasteiger partial charge is 0.353 e. The van der Waals surface area contributed by atoms with Crippen molar-refractivity contribution >= 4 is 29.7 Å². The number of rotatable bonds is 5. The summed E-state index contributed by atoms with van der Waals surface area (Å²) in [6.07, 6.45) is 0.894. The molecule has 0 spiro atoms. The minimum absolute atomic E-state index is 0.113. The molecule has 3 rings (SSSR count). The van der Waals surface area contributed by atoms with E-state index in [4.69, 9.17) is 11.6 Å². The van der Waals surface area contributed by atoms with Crippen molar-refractivity contribution in [2.24, 2.45) is 0 Å². The predicted octanol–water partition coefficient (Wildman–Crippen LogP) is 2.42. The molecule has 132 valence electrons. The summed E-state index contributed by atoms with van der Waals surface area (Å²) in [4.78, 5) is 21.7. The molecule has 1 aliphatic heterocycles. The van der Waals surface area contributed by atoms with Gasteiger partial charge in [-0.1, -0.05) is 23.7 Å². The summed E-state index contributed by atoms with van der Waals surface area (Å²) in [6.45, 7) is 3.89. The van der Waals surface area contributed by atoms with Gasteiger partial charge in [-0.15, -0.1) is 0 Å². The first kappa shape index (κ1) is 17.6. The minimum atomic E-state index is -0.277. The Kier molecular flexibility index (Phi) is 5.45. The first-order chi connectivity index (χ1) is 12.0. The maximum atomic E-state index is 13.1. The predicted molar refractivity (Wildman–Crippen MR) is 95.5 cm³/mol. The molecule has 0 saturated carbocycles. The number of halogens is 2. The van der Waals surface area contributed by atoms with E-state index in [2.05, 4.69) is 20.6 Å². The lowest BCUT2D eigenvalue weighted by atomic mass is 10.1. The van der Waals surface area contributed by atoms with Gasteiger partial charge < -0.3 is 20.3 Å². The molecule has 0 aliphatic carbocycles. The molecule has 1 aromatic heterocycles. The third-order valence-corrected chi connectivity index (χ3v) is 4.28. The number of nitrogens with one attached hydrogen (secondary N) is 2. The van der Waals surface area contributed by atoms with Crippen LogP contribution in [0.15, 0.2) is 30.3 Å². The highest BCUT2D eigenvalue weighted by Crippen LogP contribution is 2.22. The van der Waals surface area contributed by atoms with Crippen LogP contribution in [0.4, 0.5) is 16.2 Å². The summed E-state index contributed by atoms with van der Waals surface area (Å²) >= 11 is 6.14. The average molecular weight is 364 g/mol. The Labute approximate surface area is 150 Å². The maximum Gasteiger partial charge on any atom is 0.226 e. The van der Waals surface area contributed by atoms with E-state index < -0.39 is 0 Å². The third-order valence-electron chi connectivity index (χ3n) is 4.09. The average Bonchev–Trinajstić information content (AvgIpc) is 2.61. The van der Waals surface area contributed by atoms with Crippen LogP contribution in [0.25, 0.3) is 0 Å². The van der Waals surface area contributed by atoms with Crippen LogP contribution >= 0.6 is 11.6 Å². The molecular weight excluding hydrogens is 345 g/mol. The molecule has 1 aromatic carbocycles. The van der Waals surface area contributed by atoms with Crippen molar-refractivity contribution in [1.82, 2.24) is 15.3 Å². The number of nitrogens with zero attached hydrogens (tertiary/aromatic N) is 3. The molecule has 1 fully saturated rings. The Balaban J connectivity index is 1.77. The molecule has 2 heterocycles. The van der Waals surface area contributed by atoms with Gasteiger partial charge in [-0.05, 0) is 24.6 Å². The van der Waals surface area contributed by atoms with Gasteiger partial charge in [0.05, 0.1) is 12.1 Å². The van der Waals surface area contributed by atoms with E-state index in [1.165, 1.54) is 12.1 Å². The second kappa shape index (κ2) is 7.76. The molecule has 25 heavy (non-hydrogen) atoms. The van der Waals surface area contributed by atoms with Crippen molar-refractivity contribution in [3.63, 3.8) is 0 Å². The monoisotopic (exact) mass is 363 g/mol. The van der Waals surface area contributed by atoms with Crippen LogP contribution in [0, 0.1) is 5.82 Å². The van der Waals surface area contributed by atoms with Gasteiger partial charge >= 0.3 is 0 Å². The fourth-order valence-corrected chi connectivity index (χ4v) is 2.92. The number of aromatic nitrogens is 2. The summed E-state index contributed by atoms with van der Waals surface area (Å²) in [7, 11) is 0. The Bertz CT molecular complexity index is 742. The SMILES string of the molecule is CC(Nc1nc(Cl)cc(N2CCNC(C=O)C2)n1)c1ccc(F)cc1. The molecule has 2 unspecified atom stereocenters. The Morgan fingerprint density at radius 1 is 1.40 bits per heavy atom. The van der Waals surface area contributed by atoms with Gasteiger partial charge in [-0.2, -0.15) is 4.98 Å². The van der Waals surface area contributed by atoms with E-state index in [0.29, 0.717) is 30.0 Å². The molecule has 1 aliphatic rings. The molecule has 0 amide bonds. The highest BCUT2D eigenvalue weighted by atomic mass is 35.5. The number of aldehydes is 1. The van der Waals surface area contributed by atoms with Gasteiger partial charge in [-0.25, -0.2) is 9.37 Å². The standard InChI is InChI=1S/C17H19ClFN5O/c1-11(12-2-4-13(19)5-3-12)21-17-22-15(18)8-16(23-17)24-7-6-20-14(9-24)10-25/h2-5,8,10-11,14,20H,6-7,9H2,1H3,(H,21,22,23). The van der Waals surface area contributed by atoms with Crippen LogP contribution in [0.5, 0.6) is 0 Å². The normalized spacial score (nSPS) is 18.7. The van der Waals surface area contributed by atoms with E-state index in [0.717, 1.165) is 18.4 Å². The zero-order chi connectivity index (χ0) is 17.8. The molecule has 2 atom stereocenters. The van der Waals surface area contributed by atoms with E-state index in [-0.39, 0.29) is 17.9 Å². The molecule has 1 saturated heterocycles. The molecule has 0 radical (unpaired) electrons. The Morgan fingerprint density at radius 2 is 2.16 bits per heavy atom. The number of anilines is 2. The number of carbonyl (C=O) groups is 1. The van der Waals surface area contributed by atoms with Gasteiger partial charge in [0.15, 0.2) is 0 Å². The van der Waals surface area contributed by atoms with Crippen molar-refractivity contribution in [2.45, 2.75) is 19.0 Å². The molecule has 0 bridgehead atoms. The molecule has 8 heteroatoms. The number of carbonyl (C=O) groups excluding carboxylic acids is 1. The zero-order valence-electron chi connectivity index (χ0n) is 13.7. The van der Waals surface area contributed by atoms with Gasteiger partial charge in [0, 0.05) is 25.7 Å². The lowest BCUT2D eigenvalue weighted by molar-refractivity contribution is -0.109. The minimum Gasteiger partial charge on any atom is -0.353 e. The van der Waals surface area contributed by atoms with Gasteiger partial charge in [-0.3, -0.25) is 0 Å². The molecular formula is C17H19ClFN5O. The highest BCUT2D eigenvalue weighted by molar-refractivity contribution is 6.29. The number of hydrogen-bond acceptors (Lipinski definition) is 6. The summed E-state index contributed by atoms with van der Waals surface area (Å²) in [5.41, 5.74) is 0.912. The third kappa shape index (κ3) is 4.43. The first-order valence-corrected chi connectivity index (χ1v) is 8.43. The van der Waals surface area contributed by atoms with Crippen molar-refractivity contribution in [3.8, 4) is 0 Å². The van der Waals surface area contributed by atoms with E-state index >= 15 is 0 Å². The molecule has 2 N–H and O–H groups in total. The fourth-order valence-electron chi connectivity index (χ4n) is 2.74. The van der Waals surface area contributed by atoms with Crippen LogP contribution < -0.4 is 15.5 Å². The van der Waals surface area contributed by atoms with Crippen LogP contribution in [-0.4, -0.2) is 41.9 Å². The number of benzene rings is 1. The second-order valence-corrected chi connectivity index (χ2v) is 6.32. The molecule has 2 aromatic rings. The van der Waals surface area contributed by atoms with Gasteiger partial charge in [0.1, 0.15) is 23.1 Å². The van der Waals surface area contributed by atoms with Crippen LogP contribution in [-0.2, 0) is 4.79 Å². The smallest absolute Gasteiger partial charge is 0.226 e.